The summed E-state index contributed by atoms with van der Waals surface area (Å²) in [5, 5.41) is 12.3. The zero-order valence-corrected chi connectivity index (χ0v) is 29.3. The summed E-state index contributed by atoms with van der Waals surface area (Å²) in [6.07, 6.45) is -9.04. The number of hydrogen-bond acceptors (Lipinski definition) is 14. The summed E-state index contributed by atoms with van der Waals surface area (Å²) in [7, 11) is 0. The fraction of sp³-hybridized carbons (Fsp3) is 0.368. The van der Waals surface area contributed by atoms with Crippen LogP contribution in [0.2, 0.25) is 0 Å². The molecule has 0 spiro atoms. The van der Waals surface area contributed by atoms with Crippen molar-refractivity contribution in [2.45, 2.75) is 76.8 Å². The second-order valence-corrected chi connectivity index (χ2v) is 12.4. The lowest BCUT2D eigenvalue weighted by atomic mass is 9.98. The van der Waals surface area contributed by atoms with E-state index in [1.54, 1.807) is 0 Å². The van der Waals surface area contributed by atoms with Crippen LogP contribution in [0.5, 0.6) is 5.75 Å². The molecule has 3 aromatic rings. The normalized spacial score (nSPS) is 20.8. The number of phenolic OH excluding ortho intramolecular Hbond substituents is 1. The van der Waals surface area contributed by atoms with Crippen LogP contribution in [-0.2, 0) is 63.6 Å². The lowest BCUT2D eigenvalue weighted by Crippen LogP contribution is -2.63. The second-order valence-electron chi connectivity index (χ2n) is 12.4. The molecule has 2 N–H and O–H groups in total. The molecule has 0 saturated carbocycles. The first-order chi connectivity index (χ1) is 25.3. The van der Waals surface area contributed by atoms with Gasteiger partial charge in [-0.05, 0) is 39.9 Å². The summed E-state index contributed by atoms with van der Waals surface area (Å²) < 4.78 is 38.5. The Hall–Kier alpha value is -5.96. The van der Waals surface area contributed by atoms with Gasteiger partial charge in [0.25, 0.3) is 0 Å². The van der Waals surface area contributed by atoms with Crippen LogP contribution in [0.4, 0.5) is 4.79 Å². The summed E-state index contributed by atoms with van der Waals surface area (Å²) in [5.41, 5.74) is 4.51. The van der Waals surface area contributed by atoms with Gasteiger partial charge in [-0.2, -0.15) is 0 Å². The highest BCUT2D eigenvalue weighted by molar-refractivity contribution is 5.82. The van der Waals surface area contributed by atoms with E-state index in [2.05, 4.69) is 5.32 Å². The summed E-state index contributed by atoms with van der Waals surface area (Å²) >= 11 is 0. The van der Waals surface area contributed by atoms with Crippen LogP contribution in [0.3, 0.4) is 0 Å². The first kappa shape index (κ1) is 38.3. The van der Waals surface area contributed by atoms with Gasteiger partial charge in [0, 0.05) is 40.0 Å². The molecule has 6 atom stereocenters. The van der Waals surface area contributed by atoms with E-state index < -0.39 is 79.3 Å². The van der Waals surface area contributed by atoms with Crippen LogP contribution in [0.25, 0.3) is 11.1 Å². The van der Waals surface area contributed by atoms with Gasteiger partial charge in [0.1, 0.15) is 31.1 Å². The zero-order chi connectivity index (χ0) is 38.2. The second kappa shape index (κ2) is 17.0. The molecule has 0 bridgehead atoms. The van der Waals surface area contributed by atoms with Gasteiger partial charge in [0.15, 0.2) is 12.2 Å². The lowest BCUT2D eigenvalue weighted by Gasteiger charge is -2.43. The molecule has 1 fully saturated rings. The Morgan fingerprint density at radius 1 is 0.660 bits per heavy atom. The van der Waals surface area contributed by atoms with Gasteiger partial charge < -0.3 is 43.6 Å². The maximum absolute atomic E-state index is 14.0. The standard InChI is InChI=1S/C38H39NO14/c1-20(40)47-19-32-33(49-21(2)41)34(50-22(3)42)35(51-23(4)43)37(52-32)53-36(45)31(17-24-13-15-25(44)16-14-24)39-38(46)48-18-30-28-11-7-5-9-26(28)27-10-6-8-12-29(27)30/h5-16,30-35,37,44H,17-19H2,1-4H3,(H,39,46)/t31-,32?,33-,34+,35?,37-/m0/s1. The van der Waals surface area contributed by atoms with Crippen molar-refractivity contribution >= 4 is 35.9 Å². The monoisotopic (exact) mass is 733 g/mol. The quantitative estimate of drug-likeness (QED) is 0.203. The summed E-state index contributed by atoms with van der Waals surface area (Å²) in [4.78, 5) is 75.6. The first-order valence-corrected chi connectivity index (χ1v) is 16.7. The van der Waals surface area contributed by atoms with Crippen LogP contribution in [0.1, 0.15) is 50.3 Å². The SMILES string of the molecule is CC(=O)OCC1O[C@@H](OC(=O)[C@H](Cc2ccc(O)cc2)NC(=O)OCC2c3ccccc3-c3ccccc32)C(OC(C)=O)[C@H](OC(C)=O)[C@H]1OC(C)=O. The van der Waals surface area contributed by atoms with Crippen molar-refractivity contribution in [2.24, 2.45) is 0 Å². The number of rotatable bonds is 12. The topological polar surface area (TPSA) is 199 Å². The minimum Gasteiger partial charge on any atom is -0.508 e. The predicted octanol–water partition coefficient (Wildman–Crippen LogP) is 3.47. The van der Waals surface area contributed by atoms with E-state index in [-0.39, 0.29) is 24.7 Å². The average molecular weight is 734 g/mol. The molecule has 1 amide bonds. The third-order valence-electron chi connectivity index (χ3n) is 8.48. The van der Waals surface area contributed by atoms with Gasteiger partial charge in [-0.25, -0.2) is 9.59 Å². The van der Waals surface area contributed by atoms with Crippen LogP contribution < -0.4 is 5.32 Å². The highest BCUT2D eigenvalue weighted by Gasteiger charge is 2.54. The molecule has 53 heavy (non-hydrogen) atoms. The number of amides is 1. The van der Waals surface area contributed by atoms with Gasteiger partial charge in [0.2, 0.25) is 12.4 Å². The number of esters is 5. The van der Waals surface area contributed by atoms with Crippen molar-refractivity contribution in [1.29, 1.82) is 0 Å². The molecule has 1 heterocycles. The van der Waals surface area contributed by atoms with Crippen LogP contribution in [0, 0.1) is 0 Å². The molecule has 280 valence electrons. The highest BCUT2D eigenvalue weighted by Crippen LogP contribution is 2.44. The van der Waals surface area contributed by atoms with Gasteiger partial charge in [-0.3, -0.25) is 19.2 Å². The minimum atomic E-state index is -1.82. The third-order valence-corrected chi connectivity index (χ3v) is 8.48. The Labute approximate surface area is 304 Å². The zero-order valence-electron chi connectivity index (χ0n) is 29.3. The molecular weight excluding hydrogens is 694 g/mol. The Bertz CT molecular complexity index is 1800. The molecule has 2 unspecified atom stereocenters. The Morgan fingerprint density at radius 2 is 1.21 bits per heavy atom. The molecule has 15 nitrogen and oxygen atoms in total. The van der Waals surface area contributed by atoms with E-state index in [0.717, 1.165) is 49.9 Å². The molecule has 15 heteroatoms. The van der Waals surface area contributed by atoms with E-state index in [1.807, 2.05) is 48.5 Å². The summed E-state index contributed by atoms with van der Waals surface area (Å²) in [6.45, 7) is 3.70. The first-order valence-electron chi connectivity index (χ1n) is 16.7. The molecule has 0 aromatic heterocycles. The number of aromatic hydroxyl groups is 1. The van der Waals surface area contributed by atoms with Crippen molar-refractivity contribution < 1.29 is 67.0 Å². The predicted molar refractivity (Wildman–Crippen MR) is 182 cm³/mol. The van der Waals surface area contributed by atoms with Gasteiger partial charge in [-0.1, -0.05) is 60.7 Å². The minimum absolute atomic E-state index is 0.0325. The lowest BCUT2D eigenvalue weighted by molar-refractivity contribution is -0.301. The highest BCUT2D eigenvalue weighted by atomic mass is 16.7. The van der Waals surface area contributed by atoms with Crippen LogP contribution in [-0.4, -0.2) is 91.0 Å². The number of fused-ring (bicyclic) bond motifs is 3. The summed E-state index contributed by atoms with van der Waals surface area (Å²) in [6, 6.07) is 20.0. The van der Waals surface area contributed by atoms with E-state index in [4.69, 9.17) is 33.2 Å². The number of nitrogens with one attached hydrogen (secondary N) is 1. The molecular formula is C38H39NO14. The number of hydrogen-bond donors (Lipinski definition) is 2. The van der Waals surface area contributed by atoms with E-state index in [9.17, 15) is 33.9 Å². The van der Waals surface area contributed by atoms with Crippen molar-refractivity contribution in [1.82, 2.24) is 5.32 Å². The van der Waals surface area contributed by atoms with Crippen molar-refractivity contribution in [3.8, 4) is 16.9 Å². The molecule has 0 radical (unpaired) electrons. The van der Waals surface area contributed by atoms with Crippen molar-refractivity contribution in [3.05, 3.63) is 89.5 Å². The van der Waals surface area contributed by atoms with Gasteiger partial charge >= 0.3 is 35.9 Å². The largest absolute Gasteiger partial charge is 0.508 e. The Kier molecular flexibility index (Phi) is 12.3. The van der Waals surface area contributed by atoms with E-state index in [1.165, 1.54) is 24.3 Å². The Morgan fingerprint density at radius 3 is 1.77 bits per heavy atom. The van der Waals surface area contributed by atoms with E-state index in [0.29, 0.717) is 5.56 Å². The number of ether oxygens (including phenoxy) is 7. The number of carbonyl (C=O) groups is 6. The van der Waals surface area contributed by atoms with Gasteiger partial charge in [-0.15, -0.1) is 0 Å². The third kappa shape index (κ3) is 9.68. The summed E-state index contributed by atoms with van der Waals surface area (Å²) in [5.74, 6) is -4.72. The Balaban J connectivity index is 1.39. The van der Waals surface area contributed by atoms with Crippen LogP contribution >= 0.6 is 0 Å². The van der Waals surface area contributed by atoms with Crippen molar-refractivity contribution in [3.63, 3.8) is 0 Å². The fourth-order valence-corrected chi connectivity index (χ4v) is 6.32. The van der Waals surface area contributed by atoms with Gasteiger partial charge in [0.05, 0.1) is 0 Å². The molecule has 5 rings (SSSR count). The van der Waals surface area contributed by atoms with E-state index >= 15 is 0 Å². The smallest absolute Gasteiger partial charge is 0.407 e. The maximum atomic E-state index is 14.0. The van der Waals surface area contributed by atoms with Crippen molar-refractivity contribution in [2.75, 3.05) is 13.2 Å². The molecule has 3 aromatic carbocycles. The fourth-order valence-electron chi connectivity index (χ4n) is 6.32. The molecule has 1 saturated heterocycles. The average Bonchev–Trinajstić information content (AvgIpc) is 3.42. The number of carbonyl (C=O) groups excluding carboxylic acids is 6. The molecule has 1 aliphatic heterocycles. The number of phenols is 1. The number of alkyl carbamates (subject to hydrolysis) is 1. The van der Waals surface area contributed by atoms with Crippen LogP contribution in [0.15, 0.2) is 72.8 Å². The number of benzene rings is 3. The molecule has 1 aliphatic carbocycles. The maximum Gasteiger partial charge on any atom is 0.407 e. The molecule has 2 aliphatic rings.